The molecule has 0 aliphatic rings. The van der Waals surface area contributed by atoms with Crippen LogP contribution >= 0.6 is 11.8 Å². The number of carbonyl (C=O) groups is 1. The number of hydrogen-bond donors (Lipinski definition) is 0. The zero-order chi connectivity index (χ0) is 13.9. The maximum absolute atomic E-state index is 13.4. The fraction of sp³-hybridized carbons (Fsp3) is 0.462. The summed E-state index contributed by atoms with van der Waals surface area (Å²) in [5.74, 6) is -1.73. The lowest BCUT2D eigenvalue weighted by atomic mass is 10.2. The number of carbonyl (C=O) groups excluding carboxylic acids is 1. The van der Waals surface area contributed by atoms with Crippen LogP contribution in [0.5, 0.6) is 0 Å². The first-order valence-corrected chi connectivity index (χ1v) is 6.41. The highest BCUT2D eigenvalue weighted by atomic mass is 32.2. The topological polar surface area (TPSA) is 26.3 Å². The number of benzene rings is 1. The Morgan fingerprint density at radius 3 is 2.44 bits per heavy atom. The average molecular weight is 274 g/mol. The number of hydrogen-bond acceptors (Lipinski definition) is 3. The summed E-state index contributed by atoms with van der Waals surface area (Å²) in [6, 6.07) is 3.27. The monoisotopic (exact) mass is 274 g/mol. The Morgan fingerprint density at radius 2 is 1.94 bits per heavy atom. The van der Waals surface area contributed by atoms with Gasteiger partial charge in [-0.3, -0.25) is 4.79 Å². The minimum Gasteiger partial charge on any atom is -0.459 e. The van der Waals surface area contributed by atoms with Crippen molar-refractivity contribution in [3.63, 3.8) is 0 Å². The highest BCUT2D eigenvalue weighted by molar-refractivity contribution is 8.00. The zero-order valence-electron chi connectivity index (χ0n) is 10.8. The maximum atomic E-state index is 13.4. The molecule has 0 aromatic heterocycles. The van der Waals surface area contributed by atoms with Crippen LogP contribution in [0.25, 0.3) is 0 Å². The minimum absolute atomic E-state index is 0.231. The summed E-state index contributed by atoms with van der Waals surface area (Å²) >= 11 is 1.01. The predicted molar refractivity (Wildman–Crippen MR) is 67.5 cm³/mol. The van der Waals surface area contributed by atoms with Crippen LogP contribution < -0.4 is 0 Å². The molecule has 0 bridgehead atoms. The smallest absolute Gasteiger partial charge is 0.319 e. The molecule has 1 aromatic carbocycles. The van der Waals surface area contributed by atoms with Crippen molar-refractivity contribution in [1.29, 1.82) is 0 Å². The van der Waals surface area contributed by atoms with Crippen LogP contribution in [0.1, 0.15) is 27.7 Å². The normalized spacial score (nSPS) is 13.2. The van der Waals surface area contributed by atoms with Crippen molar-refractivity contribution < 1.29 is 18.3 Å². The van der Waals surface area contributed by atoms with Gasteiger partial charge in [-0.15, -0.1) is 11.8 Å². The molecule has 1 aromatic rings. The minimum atomic E-state index is -0.671. The number of rotatable bonds is 3. The van der Waals surface area contributed by atoms with E-state index in [9.17, 15) is 13.6 Å². The number of ether oxygens (including phenoxy) is 1. The summed E-state index contributed by atoms with van der Waals surface area (Å²) in [4.78, 5) is 11.9. The third-order valence-electron chi connectivity index (χ3n) is 1.94. The highest BCUT2D eigenvalue weighted by Crippen LogP contribution is 2.28. The molecule has 0 fully saturated rings. The summed E-state index contributed by atoms with van der Waals surface area (Å²) in [5.41, 5.74) is -0.576. The summed E-state index contributed by atoms with van der Waals surface area (Å²) in [6.45, 7) is 6.92. The predicted octanol–water partition coefficient (Wildman–Crippen LogP) is 3.79. The lowest BCUT2D eigenvalue weighted by Gasteiger charge is -2.22. The lowest BCUT2D eigenvalue weighted by Crippen LogP contribution is -2.28. The van der Waals surface area contributed by atoms with Crippen molar-refractivity contribution >= 4 is 17.7 Å². The van der Waals surface area contributed by atoms with Gasteiger partial charge in [0.2, 0.25) is 0 Å². The van der Waals surface area contributed by atoms with E-state index in [2.05, 4.69) is 0 Å². The molecule has 0 spiro atoms. The van der Waals surface area contributed by atoms with Crippen molar-refractivity contribution in [3.05, 3.63) is 29.8 Å². The van der Waals surface area contributed by atoms with Gasteiger partial charge in [-0.25, -0.2) is 8.78 Å². The summed E-state index contributed by atoms with van der Waals surface area (Å²) in [7, 11) is 0. The van der Waals surface area contributed by atoms with Gasteiger partial charge in [0.25, 0.3) is 0 Å². The van der Waals surface area contributed by atoms with Crippen LogP contribution in [-0.4, -0.2) is 16.8 Å². The highest BCUT2D eigenvalue weighted by Gasteiger charge is 2.23. The molecule has 5 heteroatoms. The first-order chi connectivity index (χ1) is 8.19. The molecule has 100 valence electrons. The molecule has 0 N–H and O–H groups in total. The van der Waals surface area contributed by atoms with E-state index in [0.29, 0.717) is 0 Å². The molecule has 1 unspecified atom stereocenters. The van der Waals surface area contributed by atoms with Crippen molar-refractivity contribution in [2.45, 2.75) is 43.4 Å². The molecule has 0 saturated carbocycles. The summed E-state index contributed by atoms with van der Waals surface area (Å²) < 4.78 is 31.3. The van der Waals surface area contributed by atoms with Gasteiger partial charge in [0.15, 0.2) is 0 Å². The maximum Gasteiger partial charge on any atom is 0.319 e. The van der Waals surface area contributed by atoms with E-state index in [4.69, 9.17) is 4.74 Å². The fourth-order valence-electron chi connectivity index (χ4n) is 1.19. The molecule has 0 aliphatic heterocycles. The van der Waals surface area contributed by atoms with Crippen LogP contribution in [0.3, 0.4) is 0 Å². The molecule has 2 nitrogen and oxygen atoms in total. The van der Waals surface area contributed by atoms with Gasteiger partial charge in [-0.2, -0.15) is 0 Å². The molecular formula is C13H16F2O2S. The van der Waals surface area contributed by atoms with Crippen LogP contribution in [0.15, 0.2) is 23.1 Å². The van der Waals surface area contributed by atoms with Crippen molar-refractivity contribution in [2.24, 2.45) is 0 Å². The molecule has 18 heavy (non-hydrogen) atoms. The van der Waals surface area contributed by atoms with Crippen LogP contribution in [0.2, 0.25) is 0 Å². The second kappa shape index (κ2) is 5.69. The number of thioether (sulfide) groups is 1. The van der Waals surface area contributed by atoms with Crippen LogP contribution in [-0.2, 0) is 9.53 Å². The molecule has 0 saturated heterocycles. The molecule has 1 rings (SSSR count). The Bertz CT molecular complexity index is 441. The molecule has 0 amide bonds. The third-order valence-corrected chi connectivity index (χ3v) is 3.07. The van der Waals surface area contributed by atoms with Crippen LogP contribution in [0.4, 0.5) is 8.78 Å². The van der Waals surface area contributed by atoms with Gasteiger partial charge in [0.1, 0.15) is 22.5 Å². The van der Waals surface area contributed by atoms with E-state index < -0.39 is 28.5 Å². The zero-order valence-corrected chi connectivity index (χ0v) is 11.6. The third kappa shape index (κ3) is 4.64. The SMILES string of the molecule is CC(Sc1ccc(F)cc1F)C(=O)OC(C)(C)C. The Morgan fingerprint density at radius 1 is 1.33 bits per heavy atom. The molecule has 0 heterocycles. The molecule has 1 atom stereocenters. The first-order valence-electron chi connectivity index (χ1n) is 5.53. The van der Waals surface area contributed by atoms with E-state index in [1.807, 2.05) is 0 Å². The van der Waals surface area contributed by atoms with Crippen molar-refractivity contribution in [1.82, 2.24) is 0 Å². The van der Waals surface area contributed by atoms with Gasteiger partial charge < -0.3 is 4.74 Å². The van der Waals surface area contributed by atoms with E-state index in [0.717, 1.165) is 23.9 Å². The van der Waals surface area contributed by atoms with Gasteiger partial charge in [-0.05, 0) is 39.8 Å². The molecule has 0 aliphatic carbocycles. The second-order valence-electron chi connectivity index (χ2n) is 4.87. The second-order valence-corrected chi connectivity index (χ2v) is 6.25. The Balaban J connectivity index is 2.69. The number of halogens is 2. The number of esters is 1. The van der Waals surface area contributed by atoms with Crippen LogP contribution in [0, 0.1) is 11.6 Å². The fourth-order valence-corrected chi connectivity index (χ4v) is 2.04. The first kappa shape index (κ1) is 15.0. The van der Waals surface area contributed by atoms with Gasteiger partial charge in [0, 0.05) is 11.0 Å². The van der Waals surface area contributed by atoms with Gasteiger partial charge in [-0.1, -0.05) is 0 Å². The van der Waals surface area contributed by atoms with Crippen molar-refractivity contribution in [2.75, 3.05) is 0 Å². The van der Waals surface area contributed by atoms with Gasteiger partial charge in [0.05, 0.1) is 0 Å². The van der Waals surface area contributed by atoms with Gasteiger partial charge >= 0.3 is 5.97 Å². The van der Waals surface area contributed by atoms with E-state index >= 15 is 0 Å². The Hall–Kier alpha value is -1.10. The van der Waals surface area contributed by atoms with E-state index in [-0.39, 0.29) is 4.90 Å². The standard InChI is InChI=1S/C13H16F2O2S/c1-8(12(16)17-13(2,3)4)18-11-6-5-9(14)7-10(11)15/h5-8H,1-4H3. The Labute approximate surface area is 110 Å². The lowest BCUT2D eigenvalue weighted by molar-refractivity contribution is -0.153. The quantitative estimate of drug-likeness (QED) is 0.619. The van der Waals surface area contributed by atoms with Crippen molar-refractivity contribution in [3.8, 4) is 0 Å². The average Bonchev–Trinajstić information content (AvgIpc) is 2.19. The molecule has 0 radical (unpaired) electrons. The Kier molecular flexibility index (Phi) is 4.73. The van der Waals surface area contributed by atoms with E-state index in [1.54, 1.807) is 27.7 Å². The van der Waals surface area contributed by atoms with E-state index in [1.165, 1.54) is 6.07 Å². The largest absolute Gasteiger partial charge is 0.459 e. The summed E-state index contributed by atoms with van der Waals surface area (Å²) in [6.07, 6.45) is 0. The summed E-state index contributed by atoms with van der Waals surface area (Å²) in [5, 5.41) is -0.552. The molecular weight excluding hydrogens is 258 g/mol.